The van der Waals surface area contributed by atoms with Crippen LogP contribution in [0.1, 0.15) is 22.3 Å². The van der Waals surface area contributed by atoms with Crippen molar-refractivity contribution in [1.82, 2.24) is 9.97 Å². The van der Waals surface area contributed by atoms with Crippen molar-refractivity contribution in [2.45, 2.75) is 5.41 Å². The summed E-state index contributed by atoms with van der Waals surface area (Å²) >= 11 is 0. The molecule has 0 unspecified atom stereocenters. The Morgan fingerprint density at radius 3 is 1.44 bits per heavy atom. The van der Waals surface area contributed by atoms with Crippen molar-refractivity contribution in [3.05, 3.63) is 253 Å². The van der Waals surface area contributed by atoms with Gasteiger partial charge in [-0.15, -0.1) is 0 Å². The second-order valence-electron chi connectivity index (χ2n) is 15.3. The molecule has 0 saturated heterocycles. The lowest BCUT2D eigenvalue weighted by molar-refractivity contribution is 0.769. The van der Waals surface area contributed by atoms with Crippen LogP contribution in [0, 0.1) is 0 Å². The van der Waals surface area contributed by atoms with Crippen molar-refractivity contribution >= 4 is 10.8 Å². The maximum absolute atomic E-state index is 5.15. The number of rotatable bonds is 7. The molecule has 0 bridgehead atoms. The van der Waals surface area contributed by atoms with E-state index in [0.717, 1.165) is 33.6 Å². The number of benzene rings is 9. The van der Waals surface area contributed by atoms with Crippen LogP contribution in [-0.4, -0.2) is 9.97 Å². The van der Waals surface area contributed by atoms with E-state index < -0.39 is 5.41 Å². The van der Waals surface area contributed by atoms with Crippen LogP contribution in [0.3, 0.4) is 0 Å². The van der Waals surface area contributed by atoms with Gasteiger partial charge in [-0.3, -0.25) is 0 Å². The molecule has 0 N–H and O–H groups in total. The summed E-state index contributed by atoms with van der Waals surface area (Å²) in [5, 5.41) is 2.45. The van der Waals surface area contributed by atoms with E-state index in [1.54, 1.807) is 0 Å². The predicted molar refractivity (Wildman–Crippen MR) is 244 cm³/mol. The quantitative estimate of drug-likeness (QED) is 0.162. The highest BCUT2D eigenvalue weighted by atomic mass is 14.9. The zero-order chi connectivity index (χ0) is 39.2. The first-order valence-electron chi connectivity index (χ1n) is 20.2. The van der Waals surface area contributed by atoms with Gasteiger partial charge in [0, 0.05) is 16.7 Å². The van der Waals surface area contributed by atoms with Gasteiger partial charge in [-0.1, -0.05) is 212 Å². The zero-order valence-corrected chi connectivity index (χ0v) is 32.3. The third kappa shape index (κ3) is 5.80. The molecule has 0 fully saturated rings. The van der Waals surface area contributed by atoms with Crippen LogP contribution < -0.4 is 0 Å². The Morgan fingerprint density at radius 2 is 0.797 bits per heavy atom. The highest BCUT2D eigenvalue weighted by Gasteiger charge is 2.46. The Morgan fingerprint density at radius 1 is 0.288 bits per heavy atom. The lowest BCUT2D eigenvalue weighted by atomic mass is 9.67. The lowest BCUT2D eigenvalue weighted by Crippen LogP contribution is -2.28. The molecule has 276 valence electrons. The van der Waals surface area contributed by atoms with Crippen LogP contribution in [0.5, 0.6) is 0 Å². The van der Waals surface area contributed by atoms with E-state index in [1.807, 2.05) is 12.1 Å². The molecule has 10 aromatic rings. The number of hydrogen-bond acceptors (Lipinski definition) is 2. The molecular weight excluding hydrogens is 713 g/mol. The molecule has 0 amide bonds. The number of hydrogen-bond donors (Lipinski definition) is 0. The Kier molecular flexibility index (Phi) is 8.41. The van der Waals surface area contributed by atoms with Gasteiger partial charge >= 0.3 is 0 Å². The summed E-state index contributed by atoms with van der Waals surface area (Å²) in [6, 6.07) is 83.1. The first-order chi connectivity index (χ1) is 29.3. The molecule has 0 radical (unpaired) electrons. The highest BCUT2D eigenvalue weighted by molar-refractivity contribution is 6.03. The van der Waals surface area contributed by atoms with Crippen LogP contribution in [0.2, 0.25) is 0 Å². The highest BCUT2D eigenvalue weighted by Crippen LogP contribution is 2.58. The van der Waals surface area contributed by atoms with Crippen LogP contribution in [0.15, 0.2) is 231 Å². The normalized spacial score (nSPS) is 12.5. The molecule has 9 aromatic carbocycles. The maximum atomic E-state index is 5.15. The first kappa shape index (κ1) is 34.6. The van der Waals surface area contributed by atoms with E-state index in [4.69, 9.17) is 9.97 Å². The van der Waals surface area contributed by atoms with Gasteiger partial charge in [0.1, 0.15) is 0 Å². The fraction of sp³-hybridized carbons (Fsp3) is 0.0175. The molecule has 1 heterocycles. The summed E-state index contributed by atoms with van der Waals surface area (Å²) in [5.74, 6) is 0.697. The van der Waals surface area contributed by atoms with Crippen LogP contribution in [0.4, 0.5) is 0 Å². The van der Waals surface area contributed by atoms with Crippen molar-refractivity contribution in [3.8, 4) is 67.3 Å². The third-order valence-electron chi connectivity index (χ3n) is 12.0. The van der Waals surface area contributed by atoms with Crippen LogP contribution in [-0.2, 0) is 5.41 Å². The maximum Gasteiger partial charge on any atom is 0.160 e. The van der Waals surface area contributed by atoms with Gasteiger partial charge in [0.15, 0.2) is 5.82 Å². The van der Waals surface area contributed by atoms with Crippen LogP contribution >= 0.6 is 0 Å². The van der Waals surface area contributed by atoms with Gasteiger partial charge in [-0.2, -0.15) is 0 Å². The molecule has 2 nitrogen and oxygen atoms in total. The predicted octanol–water partition coefficient (Wildman–Crippen LogP) is 14.3. The number of fused-ring (bicyclic) bond motifs is 4. The summed E-state index contributed by atoms with van der Waals surface area (Å²) in [6.07, 6.45) is 0. The van der Waals surface area contributed by atoms with E-state index in [9.17, 15) is 0 Å². The fourth-order valence-electron chi connectivity index (χ4n) is 9.30. The standard InChI is InChI=1S/C57H38N2/c1-5-19-41(20-6-1)54-38-55(42-21-7-2-8-22-42)59-56(58-54)43-34-32-40(33-35-43)49-37-53-51(36-50(49)47-30-17-23-39-18-13-14-28-46(39)47)48-29-15-16-31-52(48)57(53,44-24-9-3-10-25-44)45-26-11-4-12-27-45/h1-38H. The molecule has 2 heteroatoms. The van der Waals surface area contributed by atoms with Crippen LogP contribution in [0.25, 0.3) is 78.1 Å². The number of aromatic nitrogens is 2. The largest absolute Gasteiger partial charge is 0.228 e. The van der Waals surface area contributed by atoms with E-state index in [-0.39, 0.29) is 0 Å². The lowest BCUT2D eigenvalue weighted by Gasteiger charge is -2.34. The Balaban J connectivity index is 1.15. The molecule has 0 saturated carbocycles. The van der Waals surface area contributed by atoms with E-state index in [1.165, 1.54) is 60.8 Å². The van der Waals surface area contributed by atoms with Gasteiger partial charge in [0.2, 0.25) is 0 Å². The van der Waals surface area contributed by atoms with Gasteiger partial charge in [0.25, 0.3) is 0 Å². The minimum absolute atomic E-state index is 0.514. The molecular formula is C57H38N2. The van der Waals surface area contributed by atoms with Crippen molar-refractivity contribution in [3.63, 3.8) is 0 Å². The minimum Gasteiger partial charge on any atom is -0.228 e. The summed E-state index contributed by atoms with van der Waals surface area (Å²) in [5.41, 5.74) is 16.7. The second-order valence-corrected chi connectivity index (χ2v) is 15.3. The Labute approximate surface area is 344 Å². The zero-order valence-electron chi connectivity index (χ0n) is 32.3. The SMILES string of the molecule is c1ccc(-c2cc(-c3ccccc3)nc(-c3ccc(-c4cc5c(cc4-c4cccc6ccccc46)-c4ccccc4C5(c4ccccc4)c4ccccc4)cc3)n2)cc1. The van der Waals surface area contributed by atoms with Crippen molar-refractivity contribution < 1.29 is 0 Å². The first-order valence-corrected chi connectivity index (χ1v) is 20.2. The van der Waals surface area contributed by atoms with Crippen molar-refractivity contribution in [2.24, 2.45) is 0 Å². The number of nitrogens with zero attached hydrogens (tertiary/aromatic N) is 2. The Bertz CT molecular complexity index is 3020. The molecule has 0 spiro atoms. The molecule has 59 heavy (non-hydrogen) atoms. The van der Waals surface area contributed by atoms with Crippen molar-refractivity contribution in [1.29, 1.82) is 0 Å². The average molecular weight is 751 g/mol. The summed E-state index contributed by atoms with van der Waals surface area (Å²) in [6.45, 7) is 0. The molecule has 1 aromatic heterocycles. The molecule has 0 aliphatic heterocycles. The molecule has 11 rings (SSSR count). The van der Waals surface area contributed by atoms with Gasteiger partial charge < -0.3 is 0 Å². The minimum atomic E-state index is -0.514. The average Bonchev–Trinajstić information content (AvgIpc) is 3.62. The monoisotopic (exact) mass is 750 g/mol. The molecule has 1 aliphatic rings. The van der Waals surface area contributed by atoms with Gasteiger partial charge in [-0.05, 0) is 84.6 Å². The van der Waals surface area contributed by atoms with E-state index >= 15 is 0 Å². The molecule has 0 atom stereocenters. The molecule has 1 aliphatic carbocycles. The van der Waals surface area contributed by atoms with E-state index in [2.05, 4.69) is 218 Å². The summed E-state index contributed by atoms with van der Waals surface area (Å²) in [4.78, 5) is 10.3. The topological polar surface area (TPSA) is 25.8 Å². The summed E-state index contributed by atoms with van der Waals surface area (Å²) < 4.78 is 0. The second kappa shape index (κ2) is 14.4. The van der Waals surface area contributed by atoms with E-state index in [0.29, 0.717) is 5.82 Å². The Hall–Kier alpha value is -7.68. The van der Waals surface area contributed by atoms with Gasteiger partial charge in [0.05, 0.1) is 16.8 Å². The van der Waals surface area contributed by atoms with Crippen molar-refractivity contribution in [2.75, 3.05) is 0 Å². The van der Waals surface area contributed by atoms with Gasteiger partial charge in [-0.25, -0.2) is 9.97 Å². The third-order valence-corrected chi connectivity index (χ3v) is 12.0. The smallest absolute Gasteiger partial charge is 0.160 e. The summed E-state index contributed by atoms with van der Waals surface area (Å²) in [7, 11) is 0. The fourth-order valence-corrected chi connectivity index (χ4v) is 9.30.